The van der Waals surface area contributed by atoms with Gasteiger partial charge in [-0.2, -0.15) is 0 Å². The van der Waals surface area contributed by atoms with E-state index in [0.29, 0.717) is 18.1 Å². The number of aliphatic imine (C=N–C) groups is 1. The van der Waals surface area contributed by atoms with Gasteiger partial charge in [-0.1, -0.05) is 81.4 Å². The highest BCUT2D eigenvalue weighted by molar-refractivity contribution is 7.80. The molecule has 0 aliphatic carbocycles. The van der Waals surface area contributed by atoms with E-state index in [1.54, 1.807) is 12.1 Å². The lowest BCUT2D eigenvalue weighted by Crippen LogP contribution is -2.25. The van der Waals surface area contributed by atoms with Gasteiger partial charge in [0.2, 0.25) is 5.90 Å². The summed E-state index contributed by atoms with van der Waals surface area (Å²) in [5, 5.41) is 14.9. The molecule has 1 heterocycles. The Kier molecular flexibility index (Phi) is 5.88. The predicted octanol–water partition coefficient (Wildman–Crippen LogP) is 4.54. The van der Waals surface area contributed by atoms with Crippen LogP contribution in [-0.4, -0.2) is 23.5 Å². The van der Waals surface area contributed by atoms with Gasteiger partial charge in [0.25, 0.3) is 5.69 Å². The van der Waals surface area contributed by atoms with Crippen molar-refractivity contribution in [2.75, 3.05) is 6.61 Å². The quantitative estimate of drug-likeness (QED) is 0.338. The van der Waals surface area contributed by atoms with Gasteiger partial charge in [0, 0.05) is 12.1 Å². The SMILES string of the molecule is CC(C)(C)[C@H]1COC(c2cc([N+](=O)[O-])ccc2P(c2ccccc2)c2ccccc2)=N1. The Morgan fingerprint density at radius 1 is 0.968 bits per heavy atom. The number of rotatable bonds is 5. The first kappa shape index (κ1) is 21.2. The minimum Gasteiger partial charge on any atom is -0.475 e. The lowest BCUT2D eigenvalue weighted by molar-refractivity contribution is -0.384. The van der Waals surface area contributed by atoms with Crippen molar-refractivity contribution in [3.8, 4) is 0 Å². The molecule has 0 amide bonds. The molecule has 1 aliphatic rings. The van der Waals surface area contributed by atoms with E-state index in [1.807, 2.05) is 42.5 Å². The normalized spacial score (nSPS) is 16.1. The highest BCUT2D eigenvalue weighted by Crippen LogP contribution is 2.36. The third-order valence-corrected chi connectivity index (χ3v) is 7.84. The zero-order valence-electron chi connectivity index (χ0n) is 17.9. The van der Waals surface area contributed by atoms with E-state index < -0.39 is 7.92 Å². The van der Waals surface area contributed by atoms with Crippen LogP contribution in [0.4, 0.5) is 5.69 Å². The molecule has 6 heteroatoms. The van der Waals surface area contributed by atoms with Crippen LogP contribution in [-0.2, 0) is 4.74 Å². The van der Waals surface area contributed by atoms with Crippen molar-refractivity contribution >= 4 is 35.4 Å². The van der Waals surface area contributed by atoms with Gasteiger partial charge in [0.15, 0.2) is 0 Å². The molecular formula is C25H25N2O3P. The first-order chi connectivity index (χ1) is 14.8. The minimum atomic E-state index is -0.940. The van der Waals surface area contributed by atoms with Crippen LogP contribution in [0.5, 0.6) is 0 Å². The minimum absolute atomic E-state index is 0.00860. The largest absolute Gasteiger partial charge is 0.475 e. The maximum absolute atomic E-state index is 11.5. The molecule has 0 saturated carbocycles. The van der Waals surface area contributed by atoms with E-state index >= 15 is 0 Å². The molecule has 31 heavy (non-hydrogen) atoms. The molecule has 0 unspecified atom stereocenters. The highest BCUT2D eigenvalue weighted by atomic mass is 31.1. The molecule has 0 aromatic heterocycles. The van der Waals surface area contributed by atoms with E-state index in [-0.39, 0.29) is 22.1 Å². The fourth-order valence-electron chi connectivity index (χ4n) is 3.55. The summed E-state index contributed by atoms with van der Waals surface area (Å²) in [6, 6.07) is 25.6. The number of nitrogens with zero attached hydrogens (tertiary/aromatic N) is 2. The van der Waals surface area contributed by atoms with Crippen molar-refractivity contribution in [2.45, 2.75) is 26.8 Å². The van der Waals surface area contributed by atoms with Gasteiger partial charge in [-0.15, -0.1) is 0 Å². The predicted molar refractivity (Wildman–Crippen MR) is 128 cm³/mol. The van der Waals surface area contributed by atoms with Gasteiger partial charge in [0.1, 0.15) is 6.61 Å². The summed E-state index contributed by atoms with van der Waals surface area (Å²) in [5.74, 6) is 0.498. The topological polar surface area (TPSA) is 64.7 Å². The zero-order valence-corrected chi connectivity index (χ0v) is 18.8. The Labute approximate surface area is 183 Å². The van der Waals surface area contributed by atoms with Crippen LogP contribution in [0, 0.1) is 15.5 Å². The molecule has 3 aromatic carbocycles. The number of benzene rings is 3. The summed E-state index contributed by atoms with van der Waals surface area (Å²) < 4.78 is 6.01. The van der Waals surface area contributed by atoms with Crippen LogP contribution in [0.1, 0.15) is 26.3 Å². The lowest BCUT2D eigenvalue weighted by atomic mass is 9.88. The zero-order chi connectivity index (χ0) is 22.0. The van der Waals surface area contributed by atoms with Crippen LogP contribution in [0.2, 0.25) is 0 Å². The maximum Gasteiger partial charge on any atom is 0.270 e. The Morgan fingerprint density at radius 3 is 2.03 bits per heavy atom. The van der Waals surface area contributed by atoms with E-state index in [4.69, 9.17) is 9.73 Å². The Morgan fingerprint density at radius 2 is 1.55 bits per heavy atom. The molecule has 0 saturated heterocycles. The number of hydrogen-bond acceptors (Lipinski definition) is 4. The van der Waals surface area contributed by atoms with E-state index in [0.717, 1.165) is 5.30 Å². The molecule has 5 nitrogen and oxygen atoms in total. The summed E-state index contributed by atoms with van der Waals surface area (Å²) in [6.07, 6.45) is 0. The van der Waals surface area contributed by atoms with Crippen LogP contribution >= 0.6 is 7.92 Å². The average Bonchev–Trinajstić information content (AvgIpc) is 3.26. The van der Waals surface area contributed by atoms with Crippen molar-refractivity contribution < 1.29 is 9.66 Å². The molecule has 4 rings (SSSR count). The third kappa shape index (κ3) is 4.52. The Balaban J connectivity index is 1.91. The Hall–Kier alpha value is -3.04. The summed E-state index contributed by atoms with van der Waals surface area (Å²) >= 11 is 0. The molecule has 1 atom stereocenters. The lowest BCUT2D eigenvalue weighted by Gasteiger charge is -2.22. The fraction of sp³-hybridized carbons (Fsp3) is 0.240. The number of nitro benzene ring substituents is 1. The van der Waals surface area contributed by atoms with E-state index in [1.165, 1.54) is 10.6 Å². The van der Waals surface area contributed by atoms with Crippen molar-refractivity contribution in [1.29, 1.82) is 0 Å². The third-order valence-electron chi connectivity index (χ3n) is 5.34. The van der Waals surface area contributed by atoms with Crippen molar-refractivity contribution in [1.82, 2.24) is 0 Å². The summed E-state index contributed by atoms with van der Waals surface area (Å²) in [5.41, 5.74) is 0.701. The van der Waals surface area contributed by atoms with Crippen LogP contribution in [0.15, 0.2) is 83.9 Å². The molecule has 0 fully saturated rings. The first-order valence-corrected chi connectivity index (χ1v) is 11.6. The van der Waals surface area contributed by atoms with Crippen LogP contribution in [0.3, 0.4) is 0 Å². The molecular weight excluding hydrogens is 407 g/mol. The second kappa shape index (κ2) is 8.60. The van der Waals surface area contributed by atoms with Crippen molar-refractivity contribution in [3.63, 3.8) is 0 Å². The molecule has 158 valence electrons. The molecule has 0 bridgehead atoms. The second-order valence-electron chi connectivity index (χ2n) is 8.59. The number of non-ortho nitro benzene ring substituents is 1. The molecule has 0 radical (unpaired) electrons. The number of ether oxygens (including phenoxy) is 1. The van der Waals surface area contributed by atoms with E-state index in [2.05, 4.69) is 45.0 Å². The Bertz CT molecular complexity index is 1070. The standard InChI is InChI=1S/C25H25N2O3P/c1-25(2,3)23-17-30-24(26-23)21-16-18(27(28)29)14-15-22(21)31(19-10-6-4-7-11-19)20-12-8-5-9-13-20/h4-16,23H,17H2,1-3H3/t23-/m1/s1. The van der Waals surface area contributed by atoms with Crippen molar-refractivity contribution in [2.24, 2.45) is 10.4 Å². The van der Waals surface area contributed by atoms with E-state index in [9.17, 15) is 10.1 Å². The molecule has 0 N–H and O–H groups in total. The number of hydrogen-bond donors (Lipinski definition) is 0. The molecule has 0 spiro atoms. The van der Waals surface area contributed by atoms with Crippen LogP contribution < -0.4 is 15.9 Å². The average molecular weight is 432 g/mol. The van der Waals surface area contributed by atoms with Gasteiger partial charge in [-0.3, -0.25) is 10.1 Å². The molecule has 3 aromatic rings. The number of nitro groups is 1. The van der Waals surface area contributed by atoms with Gasteiger partial charge < -0.3 is 4.74 Å². The van der Waals surface area contributed by atoms with Crippen LogP contribution in [0.25, 0.3) is 0 Å². The highest BCUT2D eigenvalue weighted by Gasteiger charge is 2.33. The van der Waals surface area contributed by atoms with Gasteiger partial charge in [-0.05, 0) is 35.3 Å². The summed E-state index contributed by atoms with van der Waals surface area (Å²) in [7, 11) is -0.940. The first-order valence-electron chi connectivity index (χ1n) is 10.2. The smallest absolute Gasteiger partial charge is 0.270 e. The fourth-order valence-corrected chi connectivity index (χ4v) is 5.97. The van der Waals surface area contributed by atoms with Crippen molar-refractivity contribution in [3.05, 3.63) is 94.5 Å². The van der Waals surface area contributed by atoms with Gasteiger partial charge in [0.05, 0.1) is 16.5 Å². The second-order valence-corrected chi connectivity index (χ2v) is 10.8. The molecule has 1 aliphatic heterocycles. The maximum atomic E-state index is 11.5. The van der Waals surface area contributed by atoms with Gasteiger partial charge in [-0.25, -0.2) is 4.99 Å². The summed E-state index contributed by atoms with van der Waals surface area (Å²) in [6.45, 7) is 6.86. The monoisotopic (exact) mass is 432 g/mol. The van der Waals surface area contributed by atoms with Gasteiger partial charge >= 0.3 is 0 Å². The summed E-state index contributed by atoms with van der Waals surface area (Å²) in [4.78, 5) is 16.0.